The monoisotopic (exact) mass is 337 g/mol. The fraction of sp³-hybridized carbons (Fsp3) is 0.353. The fourth-order valence-electron chi connectivity index (χ4n) is 2.77. The molecule has 1 aromatic heterocycles. The van der Waals surface area contributed by atoms with Crippen LogP contribution in [0.5, 0.6) is 0 Å². The lowest BCUT2D eigenvalue weighted by molar-refractivity contribution is -0.147. The molecule has 3 nitrogen and oxygen atoms in total. The molecular weight excluding hydrogens is 318 g/mol. The van der Waals surface area contributed by atoms with Crippen LogP contribution in [0.1, 0.15) is 29.5 Å². The van der Waals surface area contributed by atoms with E-state index in [-0.39, 0.29) is 13.4 Å². The average Bonchev–Trinajstić information content (AvgIpc) is 2.97. The average molecular weight is 338 g/mol. The third-order valence-corrected chi connectivity index (χ3v) is 5.19. The molecule has 1 aliphatic heterocycles. The molecule has 2 heterocycles. The summed E-state index contributed by atoms with van der Waals surface area (Å²) in [5.41, 5.74) is 2.11. The van der Waals surface area contributed by atoms with Gasteiger partial charge in [-0.2, -0.15) is 0 Å². The van der Waals surface area contributed by atoms with E-state index < -0.39 is 6.04 Å². The summed E-state index contributed by atoms with van der Waals surface area (Å²) in [7, 11) is 1.42. The maximum atomic E-state index is 12.3. The number of halogens is 1. The molecule has 118 valence electrons. The Labute approximate surface area is 140 Å². The number of hydrogen-bond donors (Lipinski definition) is 0. The van der Waals surface area contributed by atoms with Crippen molar-refractivity contribution in [2.75, 3.05) is 13.7 Å². The van der Waals surface area contributed by atoms with Crippen molar-refractivity contribution in [3.8, 4) is 0 Å². The molecule has 0 N–H and O–H groups in total. The summed E-state index contributed by atoms with van der Waals surface area (Å²) in [6.45, 7) is 1.59. The van der Waals surface area contributed by atoms with Gasteiger partial charge < -0.3 is 4.74 Å². The molecule has 2 aromatic rings. The number of esters is 1. The number of nitrogens with zero attached hydrogens (tertiary/aromatic N) is 1. The zero-order valence-corrected chi connectivity index (χ0v) is 13.3. The van der Waals surface area contributed by atoms with E-state index in [2.05, 4.69) is 16.3 Å². The minimum Gasteiger partial charge on any atom is -0.468 e. The highest BCUT2D eigenvalue weighted by Crippen LogP contribution is 2.33. The summed E-state index contributed by atoms with van der Waals surface area (Å²) in [4.78, 5) is 15.8. The maximum Gasteiger partial charge on any atom is 0.327 e. The number of thiophene rings is 1. The lowest BCUT2D eigenvalue weighted by atomic mass is 10.0. The number of methoxy groups -OCH3 is 1. The first kappa shape index (κ1) is 17.0. The van der Waals surface area contributed by atoms with E-state index in [0.29, 0.717) is 5.02 Å². The van der Waals surface area contributed by atoms with E-state index in [1.54, 1.807) is 11.3 Å². The molecule has 22 heavy (non-hydrogen) atoms. The number of ether oxygens (including phenoxy) is 1. The highest BCUT2D eigenvalue weighted by atomic mass is 35.5. The molecule has 1 aliphatic rings. The normalized spacial score (nSPS) is 15.5. The number of hydrogen-bond acceptors (Lipinski definition) is 4. The first-order valence-electron chi connectivity index (χ1n) is 6.82. The van der Waals surface area contributed by atoms with E-state index in [1.165, 1.54) is 17.6 Å². The van der Waals surface area contributed by atoms with Gasteiger partial charge in [0.25, 0.3) is 0 Å². The van der Waals surface area contributed by atoms with Crippen LogP contribution < -0.4 is 0 Å². The number of fused-ring (bicyclic) bond motifs is 1. The molecule has 1 aromatic carbocycles. The lowest BCUT2D eigenvalue weighted by Gasteiger charge is -2.33. The molecule has 3 rings (SSSR count). The van der Waals surface area contributed by atoms with Crippen molar-refractivity contribution >= 4 is 28.9 Å². The van der Waals surface area contributed by atoms with Crippen LogP contribution in [-0.2, 0) is 22.5 Å². The Kier molecular flexibility index (Phi) is 5.62. The molecule has 0 amide bonds. The second-order valence-corrected chi connectivity index (χ2v) is 6.44. The third-order valence-electron chi connectivity index (χ3n) is 3.83. The standard InChI is InChI=1S/C16H16ClNO2S.CH4/c1-20-16(19)15(12-4-2-3-5-13(12)17)18-8-6-14-11(10-18)7-9-21-14;/h2-5,7,9,15H,6,8,10H2,1H3;1H4. The van der Waals surface area contributed by atoms with Gasteiger partial charge in [-0.3, -0.25) is 4.90 Å². The molecule has 0 aliphatic carbocycles. The van der Waals surface area contributed by atoms with Crippen molar-refractivity contribution < 1.29 is 9.53 Å². The van der Waals surface area contributed by atoms with Crippen LogP contribution in [0.15, 0.2) is 35.7 Å². The quantitative estimate of drug-likeness (QED) is 0.782. The van der Waals surface area contributed by atoms with Crippen LogP contribution in [0.2, 0.25) is 5.02 Å². The minimum absolute atomic E-state index is 0. The Bertz CT molecular complexity index is 656. The van der Waals surface area contributed by atoms with Gasteiger partial charge in [-0.15, -0.1) is 11.3 Å². The molecule has 1 unspecified atom stereocenters. The Morgan fingerprint density at radius 2 is 2.14 bits per heavy atom. The zero-order chi connectivity index (χ0) is 14.8. The predicted octanol–water partition coefficient (Wildman–Crippen LogP) is 4.31. The van der Waals surface area contributed by atoms with Gasteiger partial charge >= 0.3 is 5.97 Å². The summed E-state index contributed by atoms with van der Waals surface area (Å²) in [6.07, 6.45) is 0.963. The van der Waals surface area contributed by atoms with Crippen molar-refractivity contribution in [3.63, 3.8) is 0 Å². The van der Waals surface area contributed by atoms with Gasteiger partial charge in [-0.05, 0) is 35.1 Å². The molecular formula is C17H20ClNO2S. The van der Waals surface area contributed by atoms with Crippen molar-refractivity contribution in [3.05, 3.63) is 56.7 Å². The van der Waals surface area contributed by atoms with Crippen molar-refractivity contribution in [1.82, 2.24) is 4.90 Å². The van der Waals surface area contributed by atoms with Gasteiger partial charge in [0, 0.05) is 23.0 Å². The van der Waals surface area contributed by atoms with Crippen molar-refractivity contribution in [1.29, 1.82) is 0 Å². The molecule has 0 fully saturated rings. The molecule has 0 spiro atoms. The molecule has 5 heteroatoms. The smallest absolute Gasteiger partial charge is 0.327 e. The Balaban J connectivity index is 0.00000176. The Morgan fingerprint density at radius 3 is 2.86 bits per heavy atom. The van der Waals surface area contributed by atoms with E-state index in [9.17, 15) is 4.79 Å². The summed E-state index contributed by atoms with van der Waals surface area (Å²) in [5, 5.41) is 2.71. The summed E-state index contributed by atoms with van der Waals surface area (Å²) < 4.78 is 5.01. The highest BCUT2D eigenvalue weighted by Gasteiger charge is 2.32. The van der Waals surface area contributed by atoms with Crippen molar-refractivity contribution in [2.45, 2.75) is 26.4 Å². The minimum atomic E-state index is -0.447. The van der Waals surface area contributed by atoms with Crippen LogP contribution in [0, 0.1) is 0 Å². The van der Waals surface area contributed by atoms with Gasteiger partial charge in [-0.25, -0.2) is 4.79 Å². The van der Waals surface area contributed by atoms with Crippen LogP contribution in [0.4, 0.5) is 0 Å². The van der Waals surface area contributed by atoms with Crippen LogP contribution in [0.3, 0.4) is 0 Å². The molecule has 0 radical (unpaired) electrons. The SMILES string of the molecule is C.COC(=O)C(c1ccccc1Cl)N1CCc2sccc2C1. The topological polar surface area (TPSA) is 29.5 Å². The molecule has 1 atom stereocenters. The van der Waals surface area contributed by atoms with Gasteiger partial charge in [0.15, 0.2) is 0 Å². The predicted molar refractivity (Wildman–Crippen MR) is 91.4 cm³/mol. The largest absolute Gasteiger partial charge is 0.468 e. The number of carbonyl (C=O) groups excluding carboxylic acids is 1. The van der Waals surface area contributed by atoms with Gasteiger partial charge in [-0.1, -0.05) is 37.2 Å². The Morgan fingerprint density at radius 1 is 1.36 bits per heavy atom. The molecule has 0 saturated carbocycles. The van der Waals surface area contributed by atoms with E-state index >= 15 is 0 Å². The van der Waals surface area contributed by atoms with E-state index in [0.717, 1.165) is 25.1 Å². The third kappa shape index (κ3) is 3.19. The zero-order valence-electron chi connectivity index (χ0n) is 11.7. The first-order valence-corrected chi connectivity index (χ1v) is 8.08. The highest BCUT2D eigenvalue weighted by molar-refractivity contribution is 7.10. The van der Waals surface area contributed by atoms with E-state index in [1.807, 2.05) is 24.3 Å². The summed E-state index contributed by atoms with van der Waals surface area (Å²) in [5.74, 6) is -0.262. The second-order valence-electron chi connectivity index (χ2n) is 5.04. The number of benzene rings is 1. The maximum absolute atomic E-state index is 12.3. The number of carbonyl (C=O) groups is 1. The van der Waals surface area contributed by atoms with Crippen LogP contribution in [0.25, 0.3) is 0 Å². The van der Waals surface area contributed by atoms with Gasteiger partial charge in [0.05, 0.1) is 7.11 Å². The summed E-state index contributed by atoms with van der Waals surface area (Å²) in [6, 6.07) is 9.16. The van der Waals surface area contributed by atoms with Crippen molar-refractivity contribution in [2.24, 2.45) is 0 Å². The fourth-order valence-corrected chi connectivity index (χ4v) is 3.90. The number of rotatable bonds is 3. The first-order chi connectivity index (χ1) is 10.2. The van der Waals surface area contributed by atoms with Gasteiger partial charge in [0.1, 0.15) is 6.04 Å². The van der Waals surface area contributed by atoms with Crippen LogP contribution >= 0.6 is 22.9 Å². The molecule has 0 bridgehead atoms. The second kappa shape index (κ2) is 7.27. The van der Waals surface area contributed by atoms with Crippen LogP contribution in [-0.4, -0.2) is 24.5 Å². The Hall–Kier alpha value is -1.36. The van der Waals surface area contributed by atoms with Gasteiger partial charge in [0.2, 0.25) is 0 Å². The summed E-state index contributed by atoms with van der Waals surface area (Å²) >= 11 is 8.07. The molecule has 0 saturated heterocycles. The lowest BCUT2D eigenvalue weighted by Crippen LogP contribution is -2.38. The van der Waals surface area contributed by atoms with E-state index in [4.69, 9.17) is 16.3 Å².